The Kier molecular flexibility index (Phi) is 3.52. The Morgan fingerprint density at radius 2 is 2.00 bits per heavy atom. The van der Waals surface area contributed by atoms with Crippen molar-refractivity contribution in [2.75, 3.05) is 6.54 Å². The summed E-state index contributed by atoms with van der Waals surface area (Å²) in [6.07, 6.45) is -3.81. The zero-order chi connectivity index (χ0) is 11.5. The molecule has 2 N–H and O–H groups in total. The van der Waals surface area contributed by atoms with Gasteiger partial charge in [0.15, 0.2) is 0 Å². The van der Waals surface area contributed by atoms with Crippen molar-refractivity contribution >= 4 is 5.57 Å². The molecule has 0 spiro atoms. The Hall–Kier alpha value is -1.29. The summed E-state index contributed by atoms with van der Waals surface area (Å²) in [5.74, 6) is 0. The quantitative estimate of drug-likeness (QED) is 0.823. The van der Waals surface area contributed by atoms with E-state index in [0.717, 1.165) is 12.1 Å². The second-order valence-electron chi connectivity index (χ2n) is 3.22. The lowest BCUT2D eigenvalue weighted by molar-refractivity contribution is -0.137. The van der Waals surface area contributed by atoms with E-state index in [1.165, 1.54) is 6.07 Å². The molecule has 0 bridgehead atoms. The van der Waals surface area contributed by atoms with Crippen LogP contribution < -0.4 is 5.73 Å². The SMILES string of the molecule is C=C(CCN)c1cccc(C(F)(F)F)c1. The molecule has 0 aliphatic rings. The van der Waals surface area contributed by atoms with Gasteiger partial charge in [-0.3, -0.25) is 0 Å². The first-order valence-electron chi connectivity index (χ1n) is 4.50. The van der Waals surface area contributed by atoms with E-state index in [4.69, 9.17) is 5.73 Å². The van der Waals surface area contributed by atoms with Crippen molar-refractivity contribution in [3.05, 3.63) is 42.0 Å². The highest BCUT2D eigenvalue weighted by atomic mass is 19.4. The molecule has 0 aromatic heterocycles. The molecule has 1 aromatic carbocycles. The number of halogens is 3. The van der Waals surface area contributed by atoms with Gasteiger partial charge in [0.1, 0.15) is 0 Å². The molecule has 4 heteroatoms. The number of nitrogens with two attached hydrogens (primary N) is 1. The van der Waals surface area contributed by atoms with E-state index in [2.05, 4.69) is 6.58 Å². The molecule has 0 saturated carbocycles. The van der Waals surface area contributed by atoms with Crippen LogP contribution in [0.2, 0.25) is 0 Å². The second kappa shape index (κ2) is 4.49. The highest BCUT2D eigenvalue weighted by Gasteiger charge is 2.30. The lowest BCUT2D eigenvalue weighted by Crippen LogP contribution is -2.05. The van der Waals surface area contributed by atoms with Crippen LogP contribution in [0.4, 0.5) is 13.2 Å². The first kappa shape index (κ1) is 11.8. The molecular formula is C11H12F3N. The van der Waals surface area contributed by atoms with E-state index < -0.39 is 11.7 Å². The molecular weight excluding hydrogens is 203 g/mol. The van der Waals surface area contributed by atoms with Crippen LogP contribution in [-0.2, 0) is 6.18 Å². The molecule has 0 amide bonds. The van der Waals surface area contributed by atoms with Crippen LogP contribution >= 0.6 is 0 Å². The molecule has 82 valence electrons. The molecule has 1 aromatic rings. The second-order valence-corrected chi connectivity index (χ2v) is 3.22. The van der Waals surface area contributed by atoms with Crippen molar-refractivity contribution in [1.29, 1.82) is 0 Å². The predicted molar refractivity (Wildman–Crippen MR) is 54.1 cm³/mol. The summed E-state index contributed by atoms with van der Waals surface area (Å²) in [4.78, 5) is 0. The van der Waals surface area contributed by atoms with Crippen LogP contribution in [0.3, 0.4) is 0 Å². The van der Waals surface area contributed by atoms with Gasteiger partial charge < -0.3 is 5.73 Å². The number of benzene rings is 1. The Morgan fingerprint density at radius 3 is 2.53 bits per heavy atom. The Balaban J connectivity index is 2.98. The van der Waals surface area contributed by atoms with Crippen LogP contribution in [0.15, 0.2) is 30.8 Å². The molecule has 0 heterocycles. The average molecular weight is 215 g/mol. The molecule has 0 aliphatic heterocycles. The van der Waals surface area contributed by atoms with E-state index in [0.29, 0.717) is 24.1 Å². The molecule has 0 aliphatic carbocycles. The van der Waals surface area contributed by atoms with Crippen molar-refractivity contribution in [3.8, 4) is 0 Å². The van der Waals surface area contributed by atoms with Crippen LogP contribution in [0, 0.1) is 0 Å². The zero-order valence-corrected chi connectivity index (χ0v) is 8.14. The van der Waals surface area contributed by atoms with Crippen molar-refractivity contribution < 1.29 is 13.2 Å². The highest BCUT2D eigenvalue weighted by Crippen LogP contribution is 2.31. The third-order valence-corrected chi connectivity index (χ3v) is 2.04. The third kappa shape index (κ3) is 3.09. The number of hydrogen-bond donors (Lipinski definition) is 1. The number of alkyl halides is 3. The summed E-state index contributed by atoms with van der Waals surface area (Å²) in [6.45, 7) is 4.07. The van der Waals surface area contributed by atoms with Gasteiger partial charge in [-0.05, 0) is 36.2 Å². The highest BCUT2D eigenvalue weighted by molar-refractivity contribution is 5.64. The molecule has 0 unspecified atom stereocenters. The Morgan fingerprint density at radius 1 is 1.33 bits per heavy atom. The van der Waals surface area contributed by atoms with Crippen LogP contribution in [0.5, 0.6) is 0 Å². The monoisotopic (exact) mass is 215 g/mol. The number of hydrogen-bond acceptors (Lipinski definition) is 1. The summed E-state index contributed by atoms with van der Waals surface area (Å²) >= 11 is 0. The van der Waals surface area contributed by atoms with Gasteiger partial charge in [0.2, 0.25) is 0 Å². The normalized spacial score (nSPS) is 11.5. The van der Waals surface area contributed by atoms with E-state index in [1.54, 1.807) is 6.07 Å². The third-order valence-electron chi connectivity index (χ3n) is 2.04. The van der Waals surface area contributed by atoms with Gasteiger partial charge in [0, 0.05) is 0 Å². The van der Waals surface area contributed by atoms with E-state index >= 15 is 0 Å². The molecule has 0 radical (unpaired) electrons. The average Bonchev–Trinajstić information content (AvgIpc) is 2.17. The van der Waals surface area contributed by atoms with E-state index in [-0.39, 0.29) is 0 Å². The first-order valence-corrected chi connectivity index (χ1v) is 4.50. The van der Waals surface area contributed by atoms with E-state index in [1.807, 2.05) is 0 Å². The molecule has 0 atom stereocenters. The van der Waals surface area contributed by atoms with Crippen LogP contribution in [0.1, 0.15) is 17.5 Å². The number of rotatable bonds is 3. The molecule has 15 heavy (non-hydrogen) atoms. The summed E-state index contributed by atoms with van der Waals surface area (Å²) in [5.41, 5.74) is 5.78. The fraction of sp³-hybridized carbons (Fsp3) is 0.273. The Bertz CT molecular complexity index is 355. The fourth-order valence-corrected chi connectivity index (χ4v) is 1.23. The lowest BCUT2D eigenvalue weighted by atomic mass is 10.0. The summed E-state index contributed by atoms with van der Waals surface area (Å²) < 4.78 is 37.1. The summed E-state index contributed by atoms with van der Waals surface area (Å²) in [5, 5.41) is 0. The summed E-state index contributed by atoms with van der Waals surface area (Å²) in [7, 11) is 0. The van der Waals surface area contributed by atoms with Crippen LogP contribution in [0.25, 0.3) is 5.57 Å². The zero-order valence-electron chi connectivity index (χ0n) is 8.14. The topological polar surface area (TPSA) is 26.0 Å². The summed E-state index contributed by atoms with van der Waals surface area (Å²) in [6, 6.07) is 5.12. The minimum Gasteiger partial charge on any atom is -0.330 e. The fourth-order valence-electron chi connectivity index (χ4n) is 1.23. The molecule has 1 nitrogen and oxygen atoms in total. The lowest BCUT2D eigenvalue weighted by Gasteiger charge is -2.09. The van der Waals surface area contributed by atoms with Crippen molar-refractivity contribution in [1.82, 2.24) is 0 Å². The molecule has 1 rings (SSSR count). The largest absolute Gasteiger partial charge is 0.416 e. The van der Waals surface area contributed by atoms with Crippen molar-refractivity contribution in [3.63, 3.8) is 0 Å². The molecule has 0 saturated heterocycles. The standard InChI is InChI=1S/C11H12F3N/c1-8(5-6-15)9-3-2-4-10(7-9)11(12,13)14/h2-4,7H,1,5-6,15H2. The van der Waals surface area contributed by atoms with Gasteiger partial charge in [0.25, 0.3) is 0 Å². The maximum atomic E-state index is 12.4. The smallest absolute Gasteiger partial charge is 0.330 e. The molecule has 0 fully saturated rings. The van der Waals surface area contributed by atoms with Gasteiger partial charge in [-0.25, -0.2) is 0 Å². The Labute approximate surface area is 86.4 Å². The predicted octanol–water partition coefficient (Wildman–Crippen LogP) is 3.07. The van der Waals surface area contributed by atoms with Crippen LogP contribution in [-0.4, -0.2) is 6.54 Å². The maximum Gasteiger partial charge on any atom is 0.416 e. The van der Waals surface area contributed by atoms with Gasteiger partial charge >= 0.3 is 6.18 Å². The minimum absolute atomic E-state index is 0.384. The van der Waals surface area contributed by atoms with E-state index in [9.17, 15) is 13.2 Å². The van der Waals surface area contributed by atoms with Gasteiger partial charge in [-0.2, -0.15) is 13.2 Å². The van der Waals surface area contributed by atoms with Gasteiger partial charge in [-0.15, -0.1) is 0 Å². The maximum absolute atomic E-state index is 12.4. The van der Waals surface area contributed by atoms with Gasteiger partial charge in [0.05, 0.1) is 5.56 Å². The van der Waals surface area contributed by atoms with Crippen molar-refractivity contribution in [2.24, 2.45) is 5.73 Å². The van der Waals surface area contributed by atoms with Gasteiger partial charge in [-0.1, -0.05) is 18.7 Å². The minimum atomic E-state index is -4.31. The first-order chi connectivity index (χ1) is 6.95. The van der Waals surface area contributed by atoms with Crippen molar-refractivity contribution in [2.45, 2.75) is 12.6 Å².